The summed E-state index contributed by atoms with van der Waals surface area (Å²) < 4.78 is 1.23. The molecule has 0 saturated carbocycles. The van der Waals surface area contributed by atoms with E-state index in [9.17, 15) is 0 Å². The van der Waals surface area contributed by atoms with Crippen molar-refractivity contribution in [2.75, 3.05) is 5.32 Å². The molecule has 0 saturated heterocycles. The summed E-state index contributed by atoms with van der Waals surface area (Å²) in [5, 5.41) is 7.92. The number of rotatable bonds is 4. The van der Waals surface area contributed by atoms with Crippen LogP contribution in [0, 0.1) is 0 Å². The normalized spacial score (nSPS) is 10.9. The molecular weight excluding hydrogens is 308 g/mol. The lowest BCUT2D eigenvalue weighted by Crippen LogP contribution is -1.98. The Morgan fingerprint density at radius 3 is 2.59 bits per heavy atom. The molecule has 0 spiro atoms. The van der Waals surface area contributed by atoms with E-state index in [0.29, 0.717) is 0 Å². The molecule has 22 heavy (non-hydrogen) atoms. The average molecular weight is 322 g/mol. The molecule has 1 N–H and O–H groups in total. The second kappa shape index (κ2) is 5.91. The maximum absolute atomic E-state index is 4.76. The first-order valence-electron chi connectivity index (χ1n) is 7.11. The van der Waals surface area contributed by atoms with Crippen LogP contribution in [-0.4, -0.2) is 4.98 Å². The van der Waals surface area contributed by atoms with Crippen LogP contribution >= 0.6 is 22.7 Å². The molecule has 0 aliphatic rings. The van der Waals surface area contributed by atoms with Gasteiger partial charge in [-0.1, -0.05) is 42.5 Å². The maximum atomic E-state index is 4.76. The smallest absolute Gasteiger partial charge is 0.127 e. The Hall–Kier alpha value is -2.17. The van der Waals surface area contributed by atoms with Crippen molar-refractivity contribution in [3.05, 3.63) is 71.6 Å². The third-order valence-corrected chi connectivity index (χ3v) is 5.43. The van der Waals surface area contributed by atoms with E-state index >= 15 is 0 Å². The molecule has 2 heterocycles. The Bertz CT molecular complexity index is 861. The molecule has 4 heteroatoms. The lowest BCUT2D eigenvalue weighted by molar-refractivity contribution is 1.16. The molecule has 2 nitrogen and oxygen atoms in total. The fourth-order valence-electron chi connectivity index (χ4n) is 2.38. The van der Waals surface area contributed by atoms with E-state index in [0.717, 1.165) is 17.1 Å². The van der Waals surface area contributed by atoms with Crippen LogP contribution < -0.4 is 5.32 Å². The molecule has 0 amide bonds. The summed E-state index contributed by atoms with van der Waals surface area (Å²) in [6.07, 6.45) is 0. The summed E-state index contributed by atoms with van der Waals surface area (Å²) in [7, 11) is 0. The number of aromatic nitrogens is 1. The molecule has 0 aliphatic carbocycles. The van der Waals surface area contributed by atoms with Crippen molar-refractivity contribution in [1.29, 1.82) is 0 Å². The van der Waals surface area contributed by atoms with Crippen LogP contribution in [-0.2, 0) is 6.54 Å². The third-order valence-electron chi connectivity index (χ3n) is 3.49. The summed E-state index contributed by atoms with van der Waals surface area (Å²) in [4.78, 5) is 4.76. The Morgan fingerprint density at radius 1 is 0.909 bits per heavy atom. The number of benzene rings is 2. The van der Waals surface area contributed by atoms with Crippen LogP contribution in [0.25, 0.3) is 20.8 Å². The van der Waals surface area contributed by atoms with Crippen LogP contribution in [0.3, 0.4) is 0 Å². The zero-order chi connectivity index (χ0) is 14.8. The lowest BCUT2D eigenvalue weighted by atomic mass is 10.2. The highest BCUT2D eigenvalue weighted by Gasteiger charge is 2.11. The molecule has 2 aromatic heterocycles. The fourth-order valence-corrected chi connectivity index (χ4v) is 4.23. The SMILES string of the molecule is c1ccc(CNc2sccc2-c2nc3ccccc3s2)cc1. The van der Waals surface area contributed by atoms with E-state index in [1.54, 1.807) is 22.7 Å². The number of hydrogen-bond donors (Lipinski definition) is 1. The number of nitrogens with one attached hydrogen (secondary N) is 1. The minimum atomic E-state index is 0.833. The summed E-state index contributed by atoms with van der Waals surface area (Å²) in [6, 6.07) is 20.9. The predicted octanol–water partition coefficient (Wildman–Crippen LogP) is 5.64. The van der Waals surface area contributed by atoms with E-state index in [1.807, 2.05) is 12.1 Å². The largest absolute Gasteiger partial charge is 0.372 e. The van der Waals surface area contributed by atoms with Gasteiger partial charge in [0.05, 0.1) is 15.2 Å². The maximum Gasteiger partial charge on any atom is 0.127 e. The van der Waals surface area contributed by atoms with E-state index in [1.165, 1.54) is 20.8 Å². The highest BCUT2D eigenvalue weighted by atomic mass is 32.1. The molecule has 0 aliphatic heterocycles. The second-order valence-corrected chi connectivity index (χ2v) is 6.94. The number of anilines is 1. The number of thiazole rings is 1. The molecule has 0 radical (unpaired) electrons. The molecule has 0 atom stereocenters. The highest BCUT2D eigenvalue weighted by Crippen LogP contribution is 2.37. The van der Waals surface area contributed by atoms with E-state index in [4.69, 9.17) is 4.98 Å². The van der Waals surface area contributed by atoms with Gasteiger partial charge in [0.25, 0.3) is 0 Å². The number of para-hydroxylation sites is 1. The Kier molecular flexibility index (Phi) is 3.62. The van der Waals surface area contributed by atoms with Crippen molar-refractivity contribution in [2.45, 2.75) is 6.54 Å². The van der Waals surface area contributed by atoms with Gasteiger partial charge in [-0.2, -0.15) is 0 Å². The van der Waals surface area contributed by atoms with Crippen LogP contribution in [0.2, 0.25) is 0 Å². The van der Waals surface area contributed by atoms with Crippen LogP contribution in [0.1, 0.15) is 5.56 Å². The van der Waals surface area contributed by atoms with Crippen LogP contribution in [0.15, 0.2) is 66.0 Å². The summed E-state index contributed by atoms with van der Waals surface area (Å²) in [5.74, 6) is 0. The van der Waals surface area contributed by atoms with Crippen molar-refractivity contribution in [3.8, 4) is 10.6 Å². The average Bonchev–Trinajstić information content (AvgIpc) is 3.20. The first-order chi connectivity index (χ1) is 10.9. The van der Waals surface area contributed by atoms with Crippen molar-refractivity contribution in [3.63, 3.8) is 0 Å². The van der Waals surface area contributed by atoms with Crippen molar-refractivity contribution >= 4 is 37.9 Å². The van der Waals surface area contributed by atoms with E-state index < -0.39 is 0 Å². The van der Waals surface area contributed by atoms with E-state index in [-0.39, 0.29) is 0 Å². The molecule has 0 fully saturated rings. The first-order valence-corrected chi connectivity index (χ1v) is 8.81. The van der Waals surface area contributed by atoms with Gasteiger partial charge in [0.2, 0.25) is 0 Å². The number of hydrogen-bond acceptors (Lipinski definition) is 4. The van der Waals surface area contributed by atoms with Gasteiger partial charge in [-0.15, -0.1) is 22.7 Å². The number of nitrogens with zero attached hydrogens (tertiary/aromatic N) is 1. The van der Waals surface area contributed by atoms with Crippen LogP contribution in [0.4, 0.5) is 5.00 Å². The Labute approximate surface area is 137 Å². The minimum absolute atomic E-state index is 0.833. The number of thiophene rings is 1. The zero-order valence-electron chi connectivity index (χ0n) is 11.8. The van der Waals surface area contributed by atoms with Gasteiger partial charge in [0.1, 0.15) is 5.01 Å². The Morgan fingerprint density at radius 2 is 1.73 bits per heavy atom. The van der Waals surface area contributed by atoms with Gasteiger partial charge in [0.15, 0.2) is 0 Å². The van der Waals surface area contributed by atoms with Gasteiger partial charge in [-0.05, 0) is 29.1 Å². The van der Waals surface area contributed by atoms with Gasteiger partial charge >= 0.3 is 0 Å². The Balaban J connectivity index is 1.62. The first kappa shape index (κ1) is 13.5. The quantitative estimate of drug-likeness (QED) is 0.526. The molecule has 0 bridgehead atoms. The van der Waals surface area contributed by atoms with E-state index in [2.05, 4.69) is 59.2 Å². The zero-order valence-corrected chi connectivity index (χ0v) is 13.5. The van der Waals surface area contributed by atoms with Gasteiger partial charge in [-0.25, -0.2) is 4.98 Å². The summed E-state index contributed by atoms with van der Waals surface area (Å²) >= 11 is 3.48. The fraction of sp³-hybridized carbons (Fsp3) is 0.0556. The molecular formula is C18H14N2S2. The molecule has 108 valence electrons. The van der Waals surface area contributed by atoms with Crippen molar-refractivity contribution in [2.24, 2.45) is 0 Å². The monoisotopic (exact) mass is 322 g/mol. The second-order valence-electron chi connectivity index (χ2n) is 4.99. The van der Waals surface area contributed by atoms with Crippen LogP contribution in [0.5, 0.6) is 0 Å². The third kappa shape index (κ3) is 2.63. The van der Waals surface area contributed by atoms with Crippen molar-refractivity contribution < 1.29 is 0 Å². The molecule has 2 aromatic carbocycles. The molecule has 0 unspecified atom stereocenters. The number of fused-ring (bicyclic) bond motifs is 1. The van der Waals surface area contributed by atoms with Crippen molar-refractivity contribution in [1.82, 2.24) is 4.98 Å². The van der Waals surface area contributed by atoms with Gasteiger partial charge in [-0.3, -0.25) is 0 Å². The molecule has 4 aromatic rings. The highest BCUT2D eigenvalue weighted by molar-refractivity contribution is 7.22. The summed E-state index contributed by atoms with van der Waals surface area (Å²) in [5.41, 5.74) is 3.55. The topological polar surface area (TPSA) is 24.9 Å². The minimum Gasteiger partial charge on any atom is -0.372 e. The standard InChI is InChI=1S/C18H14N2S2/c1-2-6-13(7-3-1)12-19-17-14(10-11-21-17)18-20-15-8-4-5-9-16(15)22-18/h1-11,19H,12H2. The summed E-state index contributed by atoms with van der Waals surface area (Å²) in [6.45, 7) is 0.833. The molecule has 4 rings (SSSR count). The van der Waals surface area contributed by atoms with Gasteiger partial charge < -0.3 is 5.32 Å². The predicted molar refractivity (Wildman–Crippen MR) is 96.7 cm³/mol. The van der Waals surface area contributed by atoms with Gasteiger partial charge in [0, 0.05) is 12.1 Å². The lowest BCUT2D eigenvalue weighted by Gasteiger charge is -2.06.